The Kier molecular flexibility index (Phi) is 6.39. The highest BCUT2D eigenvalue weighted by atomic mass is 32.2. The zero-order valence-corrected chi connectivity index (χ0v) is 16.8. The lowest BCUT2D eigenvalue weighted by Crippen LogP contribution is -2.15. The number of hydrogen-bond donors (Lipinski definition) is 1. The Bertz CT molecular complexity index is 1010. The SMILES string of the molecule is CCCCCCCCS(=O)(=O)ONc1c(C)oc2ccc3ccccc3c12. The van der Waals surface area contributed by atoms with Crippen molar-refractivity contribution in [3.8, 4) is 0 Å². The minimum Gasteiger partial charge on any atom is -0.459 e. The molecule has 0 saturated carbocycles. The van der Waals surface area contributed by atoms with Gasteiger partial charge in [0.15, 0.2) is 0 Å². The molecule has 1 aromatic heterocycles. The quantitative estimate of drug-likeness (QED) is 0.344. The summed E-state index contributed by atoms with van der Waals surface area (Å²) in [6, 6.07) is 11.8. The van der Waals surface area contributed by atoms with Crippen molar-refractivity contribution in [2.45, 2.75) is 52.4 Å². The van der Waals surface area contributed by atoms with Crippen LogP contribution in [-0.4, -0.2) is 14.2 Å². The Morgan fingerprint density at radius 3 is 2.56 bits per heavy atom. The molecule has 1 heterocycles. The van der Waals surface area contributed by atoms with Gasteiger partial charge in [0.1, 0.15) is 17.0 Å². The monoisotopic (exact) mass is 389 g/mol. The summed E-state index contributed by atoms with van der Waals surface area (Å²) in [6.07, 6.45) is 6.11. The summed E-state index contributed by atoms with van der Waals surface area (Å²) in [7, 11) is -3.64. The first-order valence-electron chi connectivity index (χ1n) is 9.60. The Morgan fingerprint density at radius 1 is 1.00 bits per heavy atom. The maximum atomic E-state index is 12.2. The van der Waals surface area contributed by atoms with Gasteiger partial charge in [-0.25, -0.2) is 5.48 Å². The largest absolute Gasteiger partial charge is 0.459 e. The van der Waals surface area contributed by atoms with Crippen molar-refractivity contribution in [1.82, 2.24) is 0 Å². The van der Waals surface area contributed by atoms with Crippen LogP contribution in [0.5, 0.6) is 0 Å². The smallest absolute Gasteiger partial charge is 0.287 e. The molecule has 0 atom stereocenters. The Morgan fingerprint density at radius 2 is 1.74 bits per heavy atom. The summed E-state index contributed by atoms with van der Waals surface area (Å²) >= 11 is 0. The number of benzene rings is 2. The van der Waals surface area contributed by atoms with Gasteiger partial charge in [-0.05, 0) is 30.2 Å². The molecule has 2 aromatic carbocycles. The average Bonchev–Trinajstić information content (AvgIpc) is 2.98. The van der Waals surface area contributed by atoms with E-state index >= 15 is 0 Å². The first-order chi connectivity index (χ1) is 13.0. The molecule has 3 aromatic rings. The van der Waals surface area contributed by atoms with Crippen LogP contribution in [0.1, 0.15) is 51.2 Å². The molecular weight excluding hydrogens is 362 g/mol. The molecule has 0 unspecified atom stereocenters. The van der Waals surface area contributed by atoms with Crippen LogP contribution in [0.25, 0.3) is 21.7 Å². The number of anilines is 1. The summed E-state index contributed by atoms with van der Waals surface area (Å²) in [5.41, 5.74) is 3.91. The van der Waals surface area contributed by atoms with Crippen molar-refractivity contribution in [1.29, 1.82) is 0 Å². The molecule has 0 bridgehead atoms. The summed E-state index contributed by atoms with van der Waals surface area (Å²) in [5.74, 6) is 0.609. The molecule has 27 heavy (non-hydrogen) atoms. The molecular formula is C21H27NO4S. The van der Waals surface area contributed by atoms with Gasteiger partial charge in [-0.1, -0.05) is 69.4 Å². The molecule has 0 aliphatic heterocycles. The fraction of sp³-hybridized carbons (Fsp3) is 0.429. The fourth-order valence-electron chi connectivity index (χ4n) is 3.32. The van der Waals surface area contributed by atoms with Gasteiger partial charge in [0.25, 0.3) is 10.1 Å². The van der Waals surface area contributed by atoms with Crippen molar-refractivity contribution in [2.24, 2.45) is 0 Å². The molecule has 3 rings (SSSR count). The molecule has 0 fully saturated rings. The van der Waals surface area contributed by atoms with Gasteiger partial charge >= 0.3 is 0 Å². The highest BCUT2D eigenvalue weighted by Gasteiger charge is 2.17. The second kappa shape index (κ2) is 8.76. The van der Waals surface area contributed by atoms with Gasteiger partial charge in [0, 0.05) is 0 Å². The molecule has 0 saturated heterocycles. The first-order valence-corrected chi connectivity index (χ1v) is 11.2. The Hall–Kier alpha value is -2.05. The number of rotatable bonds is 10. The number of fused-ring (bicyclic) bond motifs is 3. The fourth-order valence-corrected chi connectivity index (χ4v) is 4.17. The molecule has 0 amide bonds. The molecule has 146 valence electrons. The number of nitrogens with one attached hydrogen (secondary N) is 1. The lowest BCUT2D eigenvalue weighted by Gasteiger charge is -2.08. The summed E-state index contributed by atoms with van der Waals surface area (Å²) < 4.78 is 35.3. The number of aryl methyl sites for hydroxylation is 1. The van der Waals surface area contributed by atoms with E-state index < -0.39 is 10.1 Å². The molecule has 0 aliphatic rings. The van der Waals surface area contributed by atoms with Crippen LogP contribution < -0.4 is 5.48 Å². The van der Waals surface area contributed by atoms with E-state index in [9.17, 15) is 8.42 Å². The van der Waals surface area contributed by atoms with E-state index in [1.807, 2.05) is 36.4 Å². The molecule has 6 heteroatoms. The van der Waals surface area contributed by atoms with Crippen LogP contribution in [0.2, 0.25) is 0 Å². The molecule has 0 radical (unpaired) electrons. The summed E-state index contributed by atoms with van der Waals surface area (Å²) in [6.45, 7) is 3.95. The van der Waals surface area contributed by atoms with Crippen molar-refractivity contribution in [3.63, 3.8) is 0 Å². The topological polar surface area (TPSA) is 68.5 Å². The van der Waals surface area contributed by atoms with Gasteiger partial charge in [-0.3, -0.25) is 0 Å². The minimum absolute atomic E-state index is 0.0156. The zero-order valence-electron chi connectivity index (χ0n) is 16.0. The van der Waals surface area contributed by atoms with Crippen molar-refractivity contribution < 1.29 is 17.1 Å². The van der Waals surface area contributed by atoms with E-state index in [1.54, 1.807) is 6.92 Å². The van der Waals surface area contributed by atoms with Gasteiger partial charge in [0.2, 0.25) is 0 Å². The third kappa shape index (κ3) is 4.82. The van der Waals surface area contributed by atoms with Crippen LogP contribution in [0, 0.1) is 6.92 Å². The van der Waals surface area contributed by atoms with Crippen molar-refractivity contribution in [3.05, 3.63) is 42.2 Å². The third-order valence-corrected chi connectivity index (χ3v) is 5.90. The molecule has 5 nitrogen and oxygen atoms in total. The van der Waals surface area contributed by atoms with E-state index in [4.69, 9.17) is 8.70 Å². The van der Waals surface area contributed by atoms with E-state index in [0.29, 0.717) is 23.5 Å². The van der Waals surface area contributed by atoms with Crippen LogP contribution in [-0.2, 0) is 14.4 Å². The Balaban J connectivity index is 1.69. The maximum absolute atomic E-state index is 12.2. The highest BCUT2D eigenvalue weighted by molar-refractivity contribution is 7.86. The number of unbranched alkanes of at least 4 members (excludes halogenated alkanes) is 5. The van der Waals surface area contributed by atoms with Crippen LogP contribution >= 0.6 is 0 Å². The van der Waals surface area contributed by atoms with E-state index in [2.05, 4.69) is 12.4 Å². The first kappa shape index (κ1) is 19.7. The van der Waals surface area contributed by atoms with Crippen LogP contribution in [0.3, 0.4) is 0 Å². The van der Waals surface area contributed by atoms with Crippen LogP contribution in [0.15, 0.2) is 40.8 Å². The number of hydrogen-bond acceptors (Lipinski definition) is 5. The van der Waals surface area contributed by atoms with Gasteiger partial charge in [0.05, 0.1) is 11.1 Å². The second-order valence-electron chi connectivity index (χ2n) is 6.91. The van der Waals surface area contributed by atoms with Crippen LogP contribution in [0.4, 0.5) is 5.69 Å². The molecule has 0 spiro atoms. The molecule has 1 N–H and O–H groups in total. The standard InChI is InChI=1S/C21H27NO4S/c1-3-4-5-6-7-10-15-27(23,24)26-22-21-16(2)25-19-14-13-17-11-8-9-12-18(17)20(19)21/h8-9,11-14,22H,3-7,10,15H2,1-2H3. The Labute approximate surface area is 160 Å². The minimum atomic E-state index is -3.64. The number of furan rings is 1. The highest BCUT2D eigenvalue weighted by Crippen LogP contribution is 2.36. The van der Waals surface area contributed by atoms with Gasteiger partial charge in [-0.2, -0.15) is 12.7 Å². The van der Waals surface area contributed by atoms with E-state index in [-0.39, 0.29) is 5.75 Å². The maximum Gasteiger partial charge on any atom is 0.287 e. The summed E-state index contributed by atoms with van der Waals surface area (Å²) in [4.78, 5) is 0. The normalized spacial score (nSPS) is 12.1. The summed E-state index contributed by atoms with van der Waals surface area (Å²) in [5, 5.41) is 2.88. The molecule has 0 aliphatic carbocycles. The predicted octanol–water partition coefficient (Wildman–Crippen LogP) is 5.93. The predicted molar refractivity (Wildman–Crippen MR) is 110 cm³/mol. The zero-order chi connectivity index (χ0) is 19.3. The lowest BCUT2D eigenvalue weighted by atomic mass is 10.1. The van der Waals surface area contributed by atoms with E-state index in [1.165, 1.54) is 12.8 Å². The average molecular weight is 390 g/mol. The van der Waals surface area contributed by atoms with Gasteiger partial charge < -0.3 is 4.42 Å². The van der Waals surface area contributed by atoms with Gasteiger partial charge in [-0.15, -0.1) is 0 Å². The third-order valence-electron chi connectivity index (χ3n) is 4.77. The van der Waals surface area contributed by atoms with E-state index in [0.717, 1.165) is 35.4 Å². The van der Waals surface area contributed by atoms with Crippen molar-refractivity contribution in [2.75, 3.05) is 11.2 Å². The lowest BCUT2D eigenvalue weighted by molar-refractivity contribution is 0.388. The second-order valence-corrected chi connectivity index (χ2v) is 8.60. The van der Waals surface area contributed by atoms with Crippen molar-refractivity contribution >= 4 is 37.5 Å².